The van der Waals surface area contributed by atoms with Crippen LogP contribution < -0.4 is 15.4 Å². The van der Waals surface area contributed by atoms with Crippen molar-refractivity contribution in [3.63, 3.8) is 0 Å². The number of aromatic nitrogens is 3. The smallest absolute Gasteiger partial charge is 0.323 e. The zero-order valence-corrected chi connectivity index (χ0v) is 13.7. The Morgan fingerprint density at radius 2 is 1.86 bits per heavy atom. The fourth-order valence-electron chi connectivity index (χ4n) is 1.65. The van der Waals surface area contributed by atoms with E-state index in [9.17, 15) is 8.42 Å². The van der Waals surface area contributed by atoms with Gasteiger partial charge in [-0.25, -0.2) is 8.42 Å². The average molecular weight is 317 g/mol. The summed E-state index contributed by atoms with van der Waals surface area (Å²) in [7, 11) is -3.07. The molecule has 0 radical (unpaired) electrons. The molecule has 0 saturated heterocycles. The van der Waals surface area contributed by atoms with E-state index in [2.05, 4.69) is 25.6 Å². The number of ether oxygens (including phenoxy) is 1. The van der Waals surface area contributed by atoms with Gasteiger partial charge in [0.2, 0.25) is 11.9 Å². The molecule has 0 fully saturated rings. The zero-order chi connectivity index (χ0) is 15.9. The van der Waals surface area contributed by atoms with Crippen molar-refractivity contribution in [2.75, 3.05) is 35.8 Å². The van der Waals surface area contributed by atoms with Gasteiger partial charge in [-0.2, -0.15) is 15.0 Å². The van der Waals surface area contributed by atoms with Gasteiger partial charge in [0.15, 0.2) is 0 Å². The molecule has 0 amide bonds. The molecule has 1 heterocycles. The second-order valence-corrected chi connectivity index (χ2v) is 6.95. The van der Waals surface area contributed by atoms with Crippen LogP contribution >= 0.6 is 0 Å². The molecule has 1 aromatic rings. The monoisotopic (exact) mass is 317 g/mol. The highest BCUT2D eigenvalue weighted by molar-refractivity contribution is 7.90. The van der Waals surface area contributed by atoms with Crippen LogP contribution in [0, 0.1) is 0 Å². The molecule has 0 saturated carbocycles. The molecule has 0 aliphatic heterocycles. The summed E-state index contributed by atoms with van der Waals surface area (Å²) < 4.78 is 27.8. The van der Waals surface area contributed by atoms with Gasteiger partial charge in [-0.05, 0) is 20.3 Å². The van der Waals surface area contributed by atoms with Crippen molar-refractivity contribution in [1.29, 1.82) is 0 Å². The van der Waals surface area contributed by atoms with E-state index in [1.807, 2.05) is 13.8 Å². The Labute approximate surface area is 125 Å². The van der Waals surface area contributed by atoms with E-state index in [0.717, 1.165) is 13.0 Å². The van der Waals surface area contributed by atoms with Crippen LogP contribution in [0.1, 0.15) is 27.2 Å². The summed E-state index contributed by atoms with van der Waals surface area (Å²) in [5, 5.41) is 6.01. The molecule has 120 valence electrons. The first kappa shape index (κ1) is 17.4. The predicted octanol–water partition coefficient (Wildman–Crippen LogP) is 0.937. The Morgan fingerprint density at radius 1 is 1.19 bits per heavy atom. The predicted molar refractivity (Wildman–Crippen MR) is 82.6 cm³/mol. The van der Waals surface area contributed by atoms with Crippen LogP contribution in [0.15, 0.2) is 0 Å². The topological polar surface area (TPSA) is 106 Å². The minimum atomic E-state index is -3.07. The second-order valence-electron chi connectivity index (χ2n) is 4.76. The molecule has 1 atom stereocenters. The van der Waals surface area contributed by atoms with Gasteiger partial charge in [-0.3, -0.25) is 0 Å². The van der Waals surface area contributed by atoms with Crippen molar-refractivity contribution in [2.45, 2.75) is 33.2 Å². The van der Waals surface area contributed by atoms with Crippen molar-refractivity contribution in [2.24, 2.45) is 0 Å². The highest BCUT2D eigenvalue weighted by Gasteiger charge is 2.13. The third kappa shape index (κ3) is 7.07. The van der Waals surface area contributed by atoms with Gasteiger partial charge >= 0.3 is 6.01 Å². The molecular formula is C12H23N5O3S. The molecule has 1 aromatic heterocycles. The molecule has 9 heteroatoms. The Balaban J connectivity index is 2.86. The van der Waals surface area contributed by atoms with Gasteiger partial charge in [0.1, 0.15) is 9.84 Å². The van der Waals surface area contributed by atoms with Crippen LogP contribution in [0.4, 0.5) is 11.9 Å². The summed E-state index contributed by atoms with van der Waals surface area (Å²) in [6.07, 6.45) is 2.13. The molecule has 1 unspecified atom stereocenters. The summed E-state index contributed by atoms with van der Waals surface area (Å²) in [4.78, 5) is 12.4. The second kappa shape index (κ2) is 7.96. The van der Waals surface area contributed by atoms with E-state index in [1.54, 1.807) is 6.92 Å². The summed E-state index contributed by atoms with van der Waals surface area (Å²) in [6, 6.07) is -0.101. The van der Waals surface area contributed by atoms with Gasteiger partial charge in [0, 0.05) is 18.8 Å². The number of sulfone groups is 1. The lowest BCUT2D eigenvalue weighted by molar-refractivity contribution is 0.312. The first-order valence-electron chi connectivity index (χ1n) is 6.91. The summed E-state index contributed by atoms with van der Waals surface area (Å²) in [6.45, 7) is 6.79. The zero-order valence-electron chi connectivity index (χ0n) is 12.9. The van der Waals surface area contributed by atoms with Crippen LogP contribution in [0.5, 0.6) is 6.01 Å². The quantitative estimate of drug-likeness (QED) is 0.693. The van der Waals surface area contributed by atoms with Gasteiger partial charge in [-0.15, -0.1) is 0 Å². The lowest BCUT2D eigenvalue weighted by Gasteiger charge is -2.14. The summed E-state index contributed by atoms with van der Waals surface area (Å²) >= 11 is 0. The van der Waals surface area contributed by atoms with Crippen LogP contribution in [-0.2, 0) is 9.84 Å². The molecule has 1 rings (SSSR count). The largest absolute Gasteiger partial charge is 0.464 e. The maximum Gasteiger partial charge on any atom is 0.323 e. The summed E-state index contributed by atoms with van der Waals surface area (Å²) in [5.74, 6) is 0.702. The van der Waals surface area contributed by atoms with E-state index in [1.165, 1.54) is 6.26 Å². The van der Waals surface area contributed by atoms with Gasteiger partial charge in [0.05, 0.1) is 12.4 Å². The van der Waals surface area contributed by atoms with Gasteiger partial charge < -0.3 is 15.4 Å². The molecule has 8 nitrogen and oxygen atoms in total. The Hall–Kier alpha value is -1.64. The molecular weight excluding hydrogens is 294 g/mol. The van der Waals surface area contributed by atoms with E-state index in [4.69, 9.17) is 4.74 Å². The SMILES string of the molecule is CCCNc1nc(NC(C)CS(C)(=O)=O)nc(OCC)n1. The standard InChI is InChI=1S/C12H23N5O3S/c1-5-7-13-10-15-11(17-12(16-10)20-6-2)14-9(3)8-21(4,18)19/h9H,5-8H2,1-4H3,(H2,13,14,15,16,17). The molecule has 21 heavy (non-hydrogen) atoms. The molecule has 2 N–H and O–H groups in total. The maximum absolute atomic E-state index is 11.3. The number of rotatable bonds is 9. The Bertz CT molecular complexity index is 550. The number of anilines is 2. The van der Waals surface area contributed by atoms with Crippen LogP contribution in [-0.4, -0.2) is 54.6 Å². The van der Waals surface area contributed by atoms with Crippen molar-refractivity contribution >= 4 is 21.7 Å². The van der Waals surface area contributed by atoms with Crippen molar-refractivity contribution in [1.82, 2.24) is 15.0 Å². The maximum atomic E-state index is 11.3. The first-order chi connectivity index (χ1) is 9.84. The van der Waals surface area contributed by atoms with Crippen LogP contribution in [0.25, 0.3) is 0 Å². The fourth-order valence-corrected chi connectivity index (χ4v) is 2.64. The Morgan fingerprint density at radius 3 is 2.43 bits per heavy atom. The van der Waals surface area contributed by atoms with E-state index in [-0.39, 0.29) is 17.8 Å². The molecule has 0 bridgehead atoms. The van der Waals surface area contributed by atoms with Crippen molar-refractivity contribution in [3.05, 3.63) is 0 Å². The van der Waals surface area contributed by atoms with Gasteiger partial charge in [-0.1, -0.05) is 6.92 Å². The molecule has 0 aliphatic rings. The minimum absolute atomic E-state index is 0.000370. The first-order valence-corrected chi connectivity index (χ1v) is 8.97. The van der Waals surface area contributed by atoms with E-state index in [0.29, 0.717) is 18.5 Å². The number of hydrogen-bond donors (Lipinski definition) is 2. The Kier molecular flexibility index (Phi) is 6.60. The molecule has 0 spiro atoms. The normalized spacial score (nSPS) is 12.8. The van der Waals surface area contributed by atoms with Gasteiger partial charge in [0.25, 0.3) is 0 Å². The van der Waals surface area contributed by atoms with Crippen molar-refractivity contribution in [3.8, 4) is 6.01 Å². The third-order valence-corrected chi connectivity index (χ3v) is 3.46. The third-order valence-electron chi connectivity index (χ3n) is 2.35. The average Bonchev–Trinajstić information content (AvgIpc) is 2.34. The minimum Gasteiger partial charge on any atom is -0.464 e. The molecule has 0 aromatic carbocycles. The number of hydrogen-bond acceptors (Lipinski definition) is 8. The lowest BCUT2D eigenvalue weighted by Crippen LogP contribution is -2.26. The number of nitrogens with zero attached hydrogens (tertiary/aromatic N) is 3. The lowest BCUT2D eigenvalue weighted by atomic mass is 10.4. The fraction of sp³-hybridized carbons (Fsp3) is 0.750. The molecule has 0 aliphatic carbocycles. The van der Waals surface area contributed by atoms with E-state index >= 15 is 0 Å². The van der Waals surface area contributed by atoms with Crippen molar-refractivity contribution < 1.29 is 13.2 Å². The number of nitrogens with one attached hydrogen (secondary N) is 2. The highest BCUT2D eigenvalue weighted by atomic mass is 32.2. The van der Waals surface area contributed by atoms with Crippen LogP contribution in [0.3, 0.4) is 0 Å². The summed E-state index contributed by atoms with van der Waals surface area (Å²) in [5.41, 5.74) is 0. The van der Waals surface area contributed by atoms with E-state index < -0.39 is 9.84 Å². The highest BCUT2D eigenvalue weighted by Crippen LogP contribution is 2.12. The van der Waals surface area contributed by atoms with Crippen LogP contribution in [0.2, 0.25) is 0 Å².